The second-order valence-corrected chi connectivity index (χ2v) is 8.55. The predicted molar refractivity (Wildman–Crippen MR) is 110 cm³/mol. The monoisotopic (exact) mass is 408 g/mol. The number of carbonyl (C=O) groups excluding carboxylic acids is 2. The molecular weight excluding hydrogens is 378 g/mol. The zero-order valence-corrected chi connectivity index (χ0v) is 17.6. The minimum absolute atomic E-state index is 0.00777. The molecule has 0 spiro atoms. The molecule has 1 unspecified atom stereocenters. The maximum absolute atomic E-state index is 12.6. The Balaban J connectivity index is 1.48. The van der Waals surface area contributed by atoms with Crippen LogP contribution in [0.1, 0.15) is 32.1 Å². The average molecular weight is 409 g/mol. The van der Waals surface area contributed by atoms with E-state index in [4.69, 9.17) is 16.3 Å². The van der Waals surface area contributed by atoms with Gasteiger partial charge in [0.2, 0.25) is 5.91 Å². The molecule has 1 aliphatic carbocycles. The molecule has 3 rings (SSSR count). The molecule has 2 aliphatic rings. The van der Waals surface area contributed by atoms with Gasteiger partial charge in [0.15, 0.2) is 6.54 Å². The second-order valence-electron chi connectivity index (χ2n) is 8.12. The van der Waals surface area contributed by atoms with Crippen LogP contribution >= 0.6 is 11.6 Å². The summed E-state index contributed by atoms with van der Waals surface area (Å²) in [5, 5.41) is 3.29. The number of benzene rings is 1. The number of amides is 2. The first-order chi connectivity index (χ1) is 13.5. The molecule has 7 heteroatoms. The second kappa shape index (κ2) is 9.61. The lowest BCUT2D eigenvalue weighted by Crippen LogP contribution is -3.15. The van der Waals surface area contributed by atoms with Gasteiger partial charge in [0.1, 0.15) is 5.75 Å². The quantitative estimate of drug-likeness (QED) is 0.755. The SMILES string of the molecule is COc1ccc(Cl)cc1NC(=O)CN(C)C(=O)C[NH+]1CC[C@@H]2CCCC[C@@H]2C1. The minimum atomic E-state index is -0.266. The maximum atomic E-state index is 12.6. The third-order valence-electron chi connectivity index (χ3n) is 6.13. The fourth-order valence-electron chi connectivity index (χ4n) is 4.58. The van der Waals surface area contributed by atoms with Crippen LogP contribution in [0.2, 0.25) is 5.02 Å². The number of quaternary nitrogens is 1. The molecule has 1 heterocycles. The highest BCUT2D eigenvalue weighted by atomic mass is 35.5. The van der Waals surface area contributed by atoms with Crippen molar-refractivity contribution in [2.24, 2.45) is 11.8 Å². The van der Waals surface area contributed by atoms with Crippen molar-refractivity contribution < 1.29 is 19.2 Å². The first-order valence-electron chi connectivity index (χ1n) is 10.2. The van der Waals surface area contributed by atoms with E-state index in [2.05, 4.69) is 5.32 Å². The van der Waals surface area contributed by atoms with Crippen molar-refractivity contribution >= 4 is 29.1 Å². The minimum Gasteiger partial charge on any atom is -0.495 e. The summed E-state index contributed by atoms with van der Waals surface area (Å²) in [6, 6.07) is 5.04. The molecule has 3 atom stereocenters. The van der Waals surface area contributed by atoms with Gasteiger partial charge in [-0.15, -0.1) is 0 Å². The summed E-state index contributed by atoms with van der Waals surface area (Å²) in [6.45, 7) is 2.63. The number of hydrogen-bond donors (Lipinski definition) is 2. The molecule has 1 aromatic rings. The third-order valence-corrected chi connectivity index (χ3v) is 6.36. The lowest BCUT2D eigenvalue weighted by atomic mass is 9.75. The third kappa shape index (κ3) is 5.39. The number of rotatable bonds is 6. The van der Waals surface area contributed by atoms with Crippen LogP contribution in [0, 0.1) is 11.8 Å². The number of likely N-dealkylation sites (N-methyl/N-ethyl adjacent to an activating group) is 1. The normalized spacial score (nSPS) is 24.2. The van der Waals surface area contributed by atoms with Crippen LogP contribution < -0.4 is 15.0 Å². The number of carbonyl (C=O) groups is 2. The van der Waals surface area contributed by atoms with E-state index in [1.165, 1.54) is 49.0 Å². The number of anilines is 1. The number of fused-ring (bicyclic) bond motifs is 1. The van der Waals surface area contributed by atoms with Crippen molar-refractivity contribution in [3.8, 4) is 5.75 Å². The van der Waals surface area contributed by atoms with Gasteiger partial charge in [-0.25, -0.2) is 0 Å². The fourth-order valence-corrected chi connectivity index (χ4v) is 4.75. The first kappa shape index (κ1) is 20.9. The number of nitrogens with zero attached hydrogens (tertiary/aromatic N) is 1. The van der Waals surface area contributed by atoms with Crippen molar-refractivity contribution in [1.29, 1.82) is 0 Å². The lowest BCUT2D eigenvalue weighted by Gasteiger charge is -2.38. The lowest BCUT2D eigenvalue weighted by molar-refractivity contribution is -0.903. The molecule has 1 saturated heterocycles. The molecule has 6 nitrogen and oxygen atoms in total. The van der Waals surface area contributed by atoms with Gasteiger partial charge in [0, 0.05) is 18.0 Å². The van der Waals surface area contributed by atoms with E-state index in [0.717, 1.165) is 24.9 Å². The molecule has 1 aromatic carbocycles. The summed E-state index contributed by atoms with van der Waals surface area (Å²) >= 11 is 6.00. The van der Waals surface area contributed by atoms with Gasteiger partial charge in [-0.05, 0) is 43.4 Å². The van der Waals surface area contributed by atoms with Crippen LogP contribution in [-0.4, -0.2) is 57.1 Å². The van der Waals surface area contributed by atoms with E-state index in [9.17, 15) is 9.59 Å². The Bertz CT molecular complexity index is 712. The van der Waals surface area contributed by atoms with Gasteiger partial charge < -0.3 is 19.9 Å². The Morgan fingerprint density at radius 3 is 2.75 bits per heavy atom. The van der Waals surface area contributed by atoms with Crippen molar-refractivity contribution in [2.75, 3.05) is 45.7 Å². The summed E-state index contributed by atoms with van der Waals surface area (Å²) in [7, 11) is 3.22. The molecular formula is C21H31ClN3O3+. The van der Waals surface area contributed by atoms with Gasteiger partial charge in [-0.1, -0.05) is 24.4 Å². The van der Waals surface area contributed by atoms with Crippen LogP contribution in [0.4, 0.5) is 5.69 Å². The highest BCUT2D eigenvalue weighted by Gasteiger charge is 2.34. The van der Waals surface area contributed by atoms with Crippen LogP contribution in [-0.2, 0) is 9.59 Å². The Morgan fingerprint density at radius 2 is 2.00 bits per heavy atom. The van der Waals surface area contributed by atoms with Gasteiger partial charge in [-0.3, -0.25) is 9.59 Å². The zero-order chi connectivity index (χ0) is 20.1. The van der Waals surface area contributed by atoms with Crippen molar-refractivity contribution in [1.82, 2.24) is 4.90 Å². The molecule has 0 radical (unpaired) electrons. The molecule has 28 heavy (non-hydrogen) atoms. The standard InChI is InChI=1S/C21H30ClN3O3/c1-24(13-20(26)23-18-11-17(22)7-8-19(18)28-2)21(27)14-25-10-9-15-5-3-4-6-16(15)12-25/h7-8,11,15-16H,3-6,9-10,12-14H2,1-2H3,(H,23,26)/p+1/t15-,16+/m0/s1. The summed E-state index contributed by atoms with van der Waals surface area (Å²) < 4.78 is 5.24. The molecule has 2 amide bonds. The van der Waals surface area contributed by atoms with Crippen LogP contribution in [0.25, 0.3) is 0 Å². The molecule has 154 valence electrons. The van der Waals surface area contributed by atoms with Crippen LogP contribution in [0.5, 0.6) is 5.75 Å². The van der Waals surface area contributed by atoms with Gasteiger partial charge >= 0.3 is 0 Å². The average Bonchev–Trinajstić information content (AvgIpc) is 2.68. The summed E-state index contributed by atoms with van der Waals surface area (Å²) in [5.41, 5.74) is 0.505. The summed E-state index contributed by atoms with van der Waals surface area (Å²) in [4.78, 5) is 27.9. The van der Waals surface area contributed by atoms with Crippen molar-refractivity contribution in [2.45, 2.75) is 32.1 Å². The van der Waals surface area contributed by atoms with Gasteiger partial charge in [0.25, 0.3) is 5.91 Å². The van der Waals surface area contributed by atoms with E-state index < -0.39 is 0 Å². The van der Waals surface area contributed by atoms with E-state index in [0.29, 0.717) is 23.0 Å². The largest absolute Gasteiger partial charge is 0.495 e. The molecule has 1 aliphatic heterocycles. The Kier molecular flexibility index (Phi) is 7.18. The van der Waals surface area contributed by atoms with Crippen molar-refractivity contribution in [3.63, 3.8) is 0 Å². The van der Waals surface area contributed by atoms with Gasteiger partial charge in [0.05, 0.1) is 32.4 Å². The Hall–Kier alpha value is -1.79. The number of ether oxygens (including phenoxy) is 1. The topological polar surface area (TPSA) is 63.1 Å². The smallest absolute Gasteiger partial charge is 0.277 e. The zero-order valence-electron chi connectivity index (χ0n) is 16.8. The maximum Gasteiger partial charge on any atom is 0.277 e. The molecule has 0 bridgehead atoms. The summed E-state index contributed by atoms with van der Waals surface area (Å²) in [5.74, 6) is 1.92. The highest BCUT2D eigenvalue weighted by molar-refractivity contribution is 6.31. The number of nitrogens with one attached hydrogen (secondary N) is 2. The van der Waals surface area contributed by atoms with Crippen molar-refractivity contribution in [3.05, 3.63) is 23.2 Å². The number of hydrogen-bond acceptors (Lipinski definition) is 3. The molecule has 2 fully saturated rings. The predicted octanol–water partition coefficient (Wildman–Crippen LogP) is 1.84. The number of methoxy groups -OCH3 is 1. The molecule has 2 N–H and O–H groups in total. The summed E-state index contributed by atoms with van der Waals surface area (Å²) in [6.07, 6.45) is 6.59. The number of likely N-dealkylation sites (tertiary alicyclic amines) is 1. The van der Waals surface area contributed by atoms with E-state index in [1.54, 1.807) is 25.2 Å². The van der Waals surface area contributed by atoms with E-state index in [-0.39, 0.29) is 18.4 Å². The van der Waals surface area contributed by atoms with Gasteiger partial charge in [-0.2, -0.15) is 0 Å². The van der Waals surface area contributed by atoms with Crippen LogP contribution in [0.15, 0.2) is 18.2 Å². The highest BCUT2D eigenvalue weighted by Crippen LogP contribution is 2.32. The Morgan fingerprint density at radius 1 is 1.25 bits per heavy atom. The first-order valence-corrected chi connectivity index (χ1v) is 10.5. The molecule has 1 saturated carbocycles. The van der Waals surface area contributed by atoms with E-state index >= 15 is 0 Å². The van der Waals surface area contributed by atoms with E-state index in [1.807, 2.05) is 0 Å². The fraction of sp³-hybridized carbons (Fsp3) is 0.619. The number of halogens is 1. The molecule has 0 aromatic heterocycles. The Labute approximate surface area is 172 Å². The number of piperidine rings is 1. The van der Waals surface area contributed by atoms with Crippen LogP contribution in [0.3, 0.4) is 0 Å².